The van der Waals surface area contributed by atoms with Gasteiger partial charge in [0.2, 0.25) is 0 Å². The van der Waals surface area contributed by atoms with Crippen LogP contribution in [0.1, 0.15) is 5.69 Å². The van der Waals surface area contributed by atoms with Crippen molar-refractivity contribution in [1.82, 2.24) is 8.87 Å². The quantitative estimate of drug-likeness (QED) is 0.528. The van der Waals surface area contributed by atoms with E-state index in [4.69, 9.17) is 9.47 Å². The lowest BCUT2D eigenvalue weighted by atomic mass is 10.2. The minimum Gasteiger partial charge on any atom is -0.497 e. The van der Waals surface area contributed by atoms with Gasteiger partial charge in [-0.25, -0.2) is 12.4 Å². The summed E-state index contributed by atoms with van der Waals surface area (Å²) in [4.78, 5) is 2.22. The van der Waals surface area contributed by atoms with Gasteiger partial charge in [0, 0.05) is 16.4 Å². The monoisotopic (exact) mass is 466 g/mol. The lowest BCUT2D eigenvalue weighted by Crippen LogP contribution is -2.20. The van der Waals surface area contributed by atoms with E-state index in [1.165, 1.54) is 3.97 Å². The number of nitrogens with zero attached hydrogens (tertiary/aromatic N) is 2. The molecule has 150 valence electrons. The average molecular weight is 467 g/mol. The number of hydrogen-bond acceptors (Lipinski definition) is 5. The van der Waals surface area contributed by atoms with Gasteiger partial charge in [-0.15, -0.1) is 0 Å². The normalized spacial score (nSPS) is 11.9. The van der Waals surface area contributed by atoms with Crippen molar-refractivity contribution >= 4 is 36.9 Å². The topological polar surface area (TPSA) is 60.8 Å². The summed E-state index contributed by atoms with van der Waals surface area (Å²) in [6, 6.07) is 11.9. The molecule has 0 radical (unpaired) electrons. The van der Waals surface area contributed by atoms with Crippen molar-refractivity contribution in [2.24, 2.45) is 0 Å². The van der Waals surface area contributed by atoms with E-state index in [2.05, 4.69) is 15.9 Å². The van der Waals surface area contributed by atoms with E-state index in [-0.39, 0.29) is 4.90 Å². The van der Waals surface area contributed by atoms with Gasteiger partial charge in [0.05, 0.1) is 23.2 Å². The van der Waals surface area contributed by atoms with Gasteiger partial charge in [-0.2, -0.15) is 0 Å². The van der Waals surface area contributed by atoms with Crippen molar-refractivity contribution in [3.63, 3.8) is 0 Å². The molecule has 0 amide bonds. The maximum Gasteiger partial charge on any atom is 0.268 e. The molecule has 0 fully saturated rings. The molecule has 0 bridgehead atoms. The van der Waals surface area contributed by atoms with Gasteiger partial charge in [-0.3, -0.25) is 0 Å². The van der Waals surface area contributed by atoms with Crippen LogP contribution in [-0.4, -0.2) is 51.6 Å². The van der Waals surface area contributed by atoms with Crippen molar-refractivity contribution in [2.45, 2.75) is 11.8 Å². The third-order valence-electron chi connectivity index (χ3n) is 4.44. The molecule has 2 aromatic carbocycles. The Hall–Kier alpha value is -2.03. The fraction of sp³-hybridized carbons (Fsp3) is 0.300. The molecule has 1 heterocycles. The highest BCUT2D eigenvalue weighted by Gasteiger charge is 2.26. The molecule has 0 aliphatic carbocycles. The molecule has 6 nitrogen and oxygen atoms in total. The highest BCUT2D eigenvalue weighted by Crippen LogP contribution is 2.37. The number of likely N-dealkylation sites (N-methyl/N-ethyl adjacent to an activating group) is 1. The molecule has 0 unspecified atom stereocenters. The molecule has 0 aliphatic heterocycles. The van der Waals surface area contributed by atoms with E-state index < -0.39 is 10.0 Å². The third kappa shape index (κ3) is 3.90. The molecule has 1 aromatic heterocycles. The molecule has 0 aliphatic rings. The number of aromatic nitrogens is 1. The molecule has 0 saturated carbocycles. The Kier molecular flexibility index (Phi) is 6.02. The van der Waals surface area contributed by atoms with Crippen molar-refractivity contribution in [2.75, 3.05) is 34.4 Å². The minimum absolute atomic E-state index is 0.214. The first-order chi connectivity index (χ1) is 13.3. The zero-order valence-corrected chi connectivity index (χ0v) is 18.7. The molecule has 0 N–H and O–H groups in total. The summed E-state index contributed by atoms with van der Waals surface area (Å²) < 4.78 is 40.3. The summed E-state index contributed by atoms with van der Waals surface area (Å²) in [6.45, 7) is 2.92. The molecule has 8 heteroatoms. The van der Waals surface area contributed by atoms with Gasteiger partial charge in [-0.05, 0) is 63.5 Å². The summed E-state index contributed by atoms with van der Waals surface area (Å²) in [5.41, 5.74) is 1.09. The molecule has 28 heavy (non-hydrogen) atoms. The van der Waals surface area contributed by atoms with Gasteiger partial charge >= 0.3 is 0 Å². The Balaban J connectivity index is 2.19. The van der Waals surface area contributed by atoms with Gasteiger partial charge in [0.15, 0.2) is 0 Å². The number of halogens is 1. The number of benzene rings is 2. The van der Waals surface area contributed by atoms with Crippen molar-refractivity contribution in [3.05, 3.63) is 52.6 Å². The van der Waals surface area contributed by atoms with Crippen molar-refractivity contribution < 1.29 is 17.9 Å². The second-order valence-corrected chi connectivity index (χ2v) is 9.38. The van der Waals surface area contributed by atoms with E-state index in [0.29, 0.717) is 34.7 Å². The molecule has 3 rings (SSSR count). The fourth-order valence-electron chi connectivity index (χ4n) is 3.00. The second-order valence-electron chi connectivity index (χ2n) is 6.67. The van der Waals surface area contributed by atoms with Crippen LogP contribution in [0.2, 0.25) is 0 Å². The zero-order valence-electron chi connectivity index (χ0n) is 16.3. The lowest BCUT2D eigenvalue weighted by molar-refractivity contribution is 0.262. The summed E-state index contributed by atoms with van der Waals surface area (Å²) in [6.07, 6.45) is 0. The van der Waals surface area contributed by atoms with E-state index in [1.807, 2.05) is 19.0 Å². The fourth-order valence-corrected chi connectivity index (χ4v) is 4.82. The van der Waals surface area contributed by atoms with Gasteiger partial charge < -0.3 is 14.4 Å². The van der Waals surface area contributed by atoms with Crippen molar-refractivity contribution in [3.8, 4) is 11.5 Å². The largest absolute Gasteiger partial charge is 0.497 e. The molecular weight excluding hydrogens is 444 g/mol. The van der Waals surface area contributed by atoms with E-state index in [1.54, 1.807) is 56.5 Å². The molecular formula is C20H23BrN2O4S. The highest BCUT2D eigenvalue weighted by molar-refractivity contribution is 9.10. The van der Waals surface area contributed by atoms with E-state index in [0.717, 1.165) is 11.0 Å². The smallest absolute Gasteiger partial charge is 0.268 e. The number of methoxy groups -OCH3 is 1. The highest BCUT2D eigenvalue weighted by atomic mass is 79.9. The first-order valence-electron chi connectivity index (χ1n) is 8.73. The molecule has 0 spiro atoms. The van der Waals surface area contributed by atoms with Crippen LogP contribution in [-0.2, 0) is 10.0 Å². The van der Waals surface area contributed by atoms with Gasteiger partial charge in [0.1, 0.15) is 18.1 Å². The van der Waals surface area contributed by atoms with Gasteiger partial charge in [-0.1, -0.05) is 15.9 Å². The second kappa shape index (κ2) is 8.14. The van der Waals surface area contributed by atoms with E-state index >= 15 is 0 Å². The third-order valence-corrected chi connectivity index (χ3v) is 6.78. The Bertz CT molecular complexity index is 1090. The number of ether oxygens (including phenoxy) is 2. The van der Waals surface area contributed by atoms with Crippen LogP contribution in [0.25, 0.3) is 10.9 Å². The zero-order chi connectivity index (χ0) is 20.5. The lowest BCUT2D eigenvalue weighted by Gasteiger charge is -2.12. The SMILES string of the molecule is COc1ccc2c(c1)c(OCCN(C)C)c(C)n2S(=O)(=O)c1ccc(Br)cc1. The van der Waals surface area contributed by atoms with Gasteiger partial charge in [0.25, 0.3) is 10.0 Å². The minimum atomic E-state index is -3.79. The van der Waals surface area contributed by atoms with Crippen LogP contribution in [0, 0.1) is 6.92 Å². The molecule has 3 aromatic rings. The number of fused-ring (bicyclic) bond motifs is 1. The first-order valence-corrected chi connectivity index (χ1v) is 11.0. The maximum atomic E-state index is 13.4. The number of rotatable bonds is 7. The Labute approximate surface area is 173 Å². The number of hydrogen-bond donors (Lipinski definition) is 0. The van der Waals surface area contributed by atoms with Crippen LogP contribution >= 0.6 is 15.9 Å². The summed E-state index contributed by atoms with van der Waals surface area (Å²) in [5, 5.41) is 0.705. The summed E-state index contributed by atoms with van der Waals surface area (Å²) in [7, 11) is 1.71. The van der Waals surface area contributed by atoms with Crippen molar-refractivity contribution in [1.29, 1.82) is 0 Å². The Morgan fingerprint density at radius 2 is 1.79 bits per heavy atom. The first kappa shape index (κ1) is 20.7. The van der Waals surface area contributed by atoms with Crippen LogP contribution in [0.5, 0.6) is 11.5 Å². The Morgan fingerprint density at radius 3 is 2.39 bits per heavy atom. The molecule has 0 atom stereocenters. The van der Waals surface area contributed by atoms with Crippen LogP contribution in [0.4, 0.5) is 0 Å². The average Bonchev–Trinajstić information content (AvgIpc) is 2.93. The van der Waals surface area contributed by atoms with Crippen LogP contribution in [0.3, 0.4) is 0 Å². The maximum absolute atomic E-state index is 13.4. The summed E-state index contributed by atoms with van der Waals surface area (Å²) >= 11 is 3.34. The van der Waals surface area contributed by atoms with E-state index in [9.17, 15) is 8.42 Å². The standard InChI is InChI=1S/C20H23BrN2O4S/c1-14-20(27-12-11-22(2)3)18-13-16(26-4)7-10-19(18)23(14)28(24,25)17-8-5-15(21)6-9-17/h5-10,13H,11-12H2,1-4H3. The predicted molar refractivity (Wildman–Crippen MR) is 114 cm³/mol. The van der Waals surface area contributed by atoms with Crippen LogP contribution < -0.4 is 9.47 Å². The van der Waals surface area contributed by atoms with Crippen LogP contribution in [0.15, 0.2) is 51.8 Å². The summed E-state index contributed by atoms with van der Waals surface area (Å²) in [5.74, 6) is 1.19. The molecule has 0 saturated heterocycles. The predicted octanol–water partition coefficient (Wildman–Crippen LogP) is 3.90. The Morgan fingerprint density at radius 1 is 1.11 bits per heavy atom.